The van der Waals surface area contributed by atoms with Gasteiger partial charge in [0.15, 0.2) is 5.43 Å². The van der Waals surface area contributed by atoms with Gasteiger partial charge in [-0.1, -0.05) is 36.4 Å². The summed E-state index contributed by atoms with van der Waals surface area (Å²) in [7, 11) is 0. The first-order valence-corrected chi connectivity index (χ1v) is 6.35. The molecule has 0 spiro atoms. The Morgan fingerprint density at radius 1 is 0.895 bits per heavy atom. The molecule has 3 rings (SSSR count). The number of hydrogen-bond acceptors (Lipinski definition) is 1. The Morgan fingerprint density at radius 3 is 2.37 bits per heavy atom. The fraction of sp³-hybridized carbons (Fsp3) is 0.118. The summed E-state index contributed by atoms with van der Waals surface area (Å²) in [6.07, 6.45) is 0. The van der Waals surface area contributed by atoms with E-state index >= 15 is 0 Å². The SMILES string of the molecule is Cc1[nH]c2ccc(-c3ccccc3)cc2c(=O)c1C. The number of hydrogen-bond donors (Lipinski definition) is 1. The third-order valence-electron chi connectivity index (χ3n) is 3.60. The maximum Gasteiger partial charge on any atom is 0.192 e. The van der Waals surface area contributed by atoms with Crippen LogP contribution in [-0.2, 0) is 0 Å². The van der Waals surface area contributed by atoms with Gasteiger partial charge in [0, 0.05) is 22.2 Å². The summed E-state index contributed by atoms with van der Waals surface area (Å²) >= 11 is 0. The Bertz CT molecular complexity index is 801. The zero-order valence-electron chi connectivity index (χ0n) is 11.0. The lowest BCUT2D eigenvalue weighted by atomic mass is 10.0. The quantitative estimate of drug-likeness (QED) is 0.699. The summed E-state index contributed by atoms with van der Waals surface area (Å²) in [6, 6.07) is 16.1. The van der Waals surface area contributed by atoms with E-state index in [1.165, 1.54) is 0 Å². The lowest BCUT2D eigenvalue weighted by molar-refractivity contribution is 1.18. The van der Waals surface area contributed by atoms with Gasteiger partial charge in [-0.2, -0.15) is 0 Å². The molecule has 0 fully saturated rings. The fourth-order valence-corrected chi connectivity index (χ4v) is 2.32. The van der Waals surface area contributed by atoms with Gasteiger partial charge in [0.05, 0.1) is 0 Å². The number of aryl methyl sites for hydroxylation is 1. The zero-order valence-corrected chi connectivity index (χ0v) is 11.0. The highest BCUT2D eigenvalue weighted by Gasteiger charge is 2.06. The molecule has 0 radical (unpaired) electrons. The molecule has 0 amide bonds. The van der Waals surface area contributed by atoms with E-state index in [1.54, 1.807) is 0 Å². The van der Waals surface area contributed by atoms with Crippen molar-refractivity contribution in [1.82, 2.24) is 4.98 Å². The number of aromatic nitrogens is 1. The first-order valence-electron chi connectivity index (χ1n) is 6.35. The van der Waals surface area contributed by atoms with E-state index in [2.05, 4.69) is 17.1 Å². The van der Waals surface area contributed by atoms with E-state index in [-0.39, 0.29) is 5.43 Å². The third-order valence-corrected chi connectivity index (χ3v) is 3.60. The highest BCUT2D eigenvalue weighted by Crippen LogP contribution is 2.22. The van der Waals surface area contributed by atoms with Crippen molar-refractivity contribution in [3.05, 3.63) is 70.0 Å². The van der Waals surface area contributed by atoms with Crippen molar-refractivity contribution in [1.29, 1.82) is 0 Å². The molecule has 1 N–H and O–H groups in total. The molecule has 2 nitrogen and oxygen atoms in total. The van der Waals surface area contributed by atoms with Crippen LogP contribution >= 0.6 is 0 Å². The van der Waals surface area contributed by atoms with Crippen LogP contribution < -0.4 is 5.43 Å². The molecule has 1 aromatic heterocycles. The van der Waals surface area contributed by atoms with Gasteiger partial charge in [-0.15, -0.1) is 0 Å². The van der Waals surface area contributed by atoms with Crippen LogP contribution in [0, 0.1) is 13.8 Å². The van der Waals surface area contributed by atoms with Crippen molar-refractivity contribution in [3.63, 3.8) is 0 Å². The minimum atomic E-state index is 0.115. The first kappa shape index (κ1) is 11.7. The van der Waals surface area contributed by atoms with Crippen LogP contribution in [0.5, 0.6) is 0 Å². The van der Waals surface area contributed by atoms with Crippen molar-refractivity contribution in [3.8, 4) is 11.1 Å². The zero-order chi connectivity index (χ0) is 13.4. The minimum absolute atomic E-state index is 0.115. The predicted octanol–water partition coefficient (Wildman–Crippen LogP) is 3.81. The summed E-state index contributed by atoms with van der Waals surface area (Å²) in [5, 5.41) is 0.754. The van der Waals surface area contributed by atoms with Crippen LogP contribution in [0.3, 0.4) is 0 Å². The van der Waals surface area contributed by atoms with Gasteiger partial charge in [0.1, 0.15) is 0 Å². The lowest BCUT2D eigenvalue weighted by Gasteiger charge is -2.07. The molecule has 0 aliphatic carbocycles. The summed E-state index contributed by atoms with van der Waals surface area (Å²) < 4.78 is 0. The van der Waals surface area contributed by atoms with Crippen LogP contribution in [0.2, 0.25) is 0 Å². The van der Waals surface area contributed by atoms with Crippen LogP contribution in [-0.4, -0.2) is 4.98 Å². The van der Waals surface area contributed by atoms with Crippen LogP contribution in [0.4, 0.5) is 0 Å². The molecule has 0 unspecified atom stereocenters. The predicted molar refractivity (Wildman–Crippen MR) is 79.5 cm³/mol. The van der Waals surface area contributed by atoms with Crippen LogP contribution in [0.15, 0.2) is 53.3 Å². The lowest BCUT2D eigenvalue weighted by Crippen LogP contribution is -2.09. The van der Waals surface area contributed by atoms with Crippen molar-refractivity contribution in [2.24, 2.45) is 0 Å². The molecule has 0 atom stereocenters. The Kier molecular flexibility index (Phi) is 2.71. The normalized spacial score (nSPS) is 10.8. The number of rotatable bonds is 1. The van der Waals surface area contributed by atoms with Gasteiger partial charge >= 0.3 is 0 Å². The van der Waals surface area contributed by atoms with Gasteiger partial charge in [0.25, 0.3) is 0 Å². The fourth-order valence-electron chi connectivity index (χ4n) is 2.32. The van der Waals surface area contributed by atoms with Gasteiger partial charge < -0.3 is 4.98 Å². The molecular formula is C17H15NO. The van der Waals surface area contributed by atoms with E-state index in [0.717, 1.165) is 33.3 Å². The Hall–Kier alpha value is -2.35. The van der Waals surface area contributed by atoms with E-state index in [4.69, 9.17) is 0 Å². The molecule has 2 aromatic carbocycles. The molecule has 0 saturated heterocycles. The molecule has 19 heavy (non-hydrogen) atoms. The van der Waals surface area contributed by atoms with Crippen LogP contribution in [0.25, 0.3) is 22.0 Å². The van der Waals surface area contributed by atoms with Gasteiger partial charge in [-0.25, -0.2) is 0 Å². The van der Waals surface area contributed by atoms with Gasteiger partial charge in [-0.05, 0) is 37.1 Å². The number of aromatic amines is 1. The monoisotopic (exact) mass is 249 g/mol. The molecule has 94 valence electrons. The largest absolute Gasteiger partial charge is 0.358 e. The van der Waals surface area contributed by atoms with E-state index in [1.807, 2.05) is 50.2 Å². The highest BCUT2D eigenvalue weighted by molar-refractivity contribution is 5.85. The van der Waals surface area contributed by atoms with E-state index in [9.17, 15) is 4.79 Å². The molecule has 3 aromatic rings. The second-order valence-electron chi connectivity index (χ2n) is 4.83. The Balaban J connectivity index is 2.30. The maximum atomic E-state index is 12.3. The maximum absolute atomic E-state index is 12.3. The Labute approximate surface area is 111 Å². The minimum Gasteiger partial charge on any atom is -0.358 e. The number of fused-ring (bicyclic) bond motifs is 1. The van der Waals surface area contributed by atoms with E-state index in [0.29, 0.717) is 0 Å². The summed E-state index contributed by atoms with van der Waals surface area (Å²) in [4.78, 5) is 15.6. The molecule has 2 heteroatoms. The number of H-pyrrole nitrogens is 1. The van der Waals surface area contributed by atoms with Crippen LogP contribution in [0.1, 0.15) is 11.3 Å². The molecule has 1 heterocycles. The topological polar surface area (TPSA) is 32.9 Å². The van der Waals surface area contributed by atoms with Crippen molar-refractivity contribution in [2.75, 3.05) is 0 Å². The molecular weight excluding hydrogens is 234 g/mol. The summed E-state index contributed by atoms with van der Waals surface area (Å²) in [5.41, 5.74) is 4.93. The van der Waals surface area contributed by atoms with Crippen molar-refractivity contribution >= 4 is 10.9 Å². The number of nitrogens with one attached hydrogen (secondary N) is 1. The third kappa shape index (κ3) is 1.95. The first-order chi connectivity index (χ1) is 9.16. The standard InChI is InChI=1S/C17H15NO/c1-11-12(2)18-16-9-8-14(10-15(16)17(11)19)13-6-4-3-5-7-13/h3-10H,1-2H3,(H,18,19). The van der Waals surface area contributed by atoms with Crippen molar-refractivity contribution < 1.29 is 0 Å². The second-order valence-corrected chi connectivity index (χ2v) is 4.83. The van der Waals surface area contributed by atoms with Gasteiger partial charge in [-0.3, -0.25) is 4.79 Å². The molecule has 0 bridgehead atoms. The molecule has 0 aliphatic rings. The molecule has 0 saturated carbocycles. The van der Waals surface area contributed by atoms with Gasteiger partial charge in [0.2, 0.25) is 0 Å². The summed E-state index contributed by atoms with van der Waals surface area (Å²) in [6.45, 7) is 3.80. The average Bonchev–Trinajstić information content (AvgIpc) is 2.46. The van der Waals surface area contributed by atoms with Crippen molar-refractivity contribution in [2.45, 2.75) is 13.8 Å². The highest BCUT2D eigenvalue weighted by atomic mass is 16.1. The number of benzene rings is 2. The number of pyridine rings is 1. The van der Waals surface area contributed by atoms with E-state index < -0.39 is 0 Å². The second kappa shape index (κ2) is 4.39. The smallest absolute Gasteiger partial charge is 0.192 e. The Morgan fingerprint density at radius 2 is 1.63 bits per heavy atom. The molecule has 0 aliphatic heterocycles. The summed E-state index contributed by atoms with van der Waals surface area (Å²) in [5.74, 6) is 0. The average molecular weight is 249 g/mol.